The molecule has 0 aliphatic heterocycles. The van der Waals surface area contributed by atoms with E-state index in [2.05, 4.69) is 50.4 Å². The smallest absolute Gasteiger partial charge is 0.271 e. The van der Waals surface area contributed by atoms with Crippen molar-refractivity contribution in [1.29, 1.82) is 0 Å². The van der Waals surface area contributed by atoms with E-state index < -0.39 is 10.0 Å². The predicted molar refractivity (Wildman–Crippen MR) is 91.1 cm³/mol. The molecule has 0 spiro atoms. The number of hydrogen-bond acceptors (Lipinski definition) is 3. The van der Waals surface area contributed by atoms with Crippen LogP contribution in [0.1, 0.15) is 25.3 Å². The highest BCUT2D eigenvalue weighted by Gasteiger charge is 2.18. The third-order valence-electron chi connectivity index (χ3n) is 2.72. The van der Waals surface area contributed by atoms with Crippen molar-refractivity contribution in [2.75, 3.05) is 4.72 Å². The zero-order valence-electron chi connectivity index (χ0n) is 10.9. The van der Waals surface area contributed by atoms with E-state index in [0.717, 1.165) is 13.8 Å². The Hall–Kier alpha value is -0.370. The first-order chi connectivity index (χ1) is 9.29. The van der Waals surface area contributed by atoms with Gasteiger partial charge in [0.15, 0.2) is 0 Å². The number of thiophene rings is 1. The lowest BCUT2D eigenvalue weighted by Crippen LogP contribution is -2.12. The van der Waals surface area contributed by atoms with Crippen LogP contribution in [0.25, 0.3) is 0 Å². The van der Waals surface area contributed by atoms with Crippen LogP contribution in [0.5, 0.6) is 0 Å². The molecule has 0 saturated heterocycles. The van der Waals surface area contributed by atoms with Gasteiger partial charge in [-0.15, -0.1) is 11.3 Å². The molecule has 1 N–H and O–H groups in total. The second kappa shape index (κ2) is 6.17. The van der Waals surface area contributed by atoms with Crippen molar-refractivity contribution in [2.24, 2.45) is 0 Å². The van der Waals surface area contributed by atoms with Crippen molar-refractivity contribution in [3.63, 3.8) is 0 Å². The number of sulfonamides is 1. The SMILES string of the molecule is CC(C)c1ccc(NS(=O)(=O)c2ccc(Br)s2)c(Br)c1. The molecular weight excluding hydrogens is 426 g/mol. The van der Waals surface area contributed by atoms with Crippen LogP contribution < -0.4 is 4.72 Å². The number of nitrogens with one attached hydrogen (secondary N) is 1. The Labute approximate surface area is 139 Å². The number of rotatable bonds is 4. The molecule has 0 amide bonds. The topological polar surface area (TPSA) is 46.2 Å². The minimum Gasteiger partial charge on any atom is -0.278 e. The van der Waals surface area contributed by atoms with E-state index in [9.17, 15) is 8.42 Å². The highest BCUT2D eigenvalue weighted by atomic mass is 79.9. The molecule has 0 saturated carbocycles. The highest BCUT2D eigenvalue weighted by molar-refractivity contribution is 9.11. The van der Waals surface area contributed by atoms with Gasteiger partial charge < -0.3 is 0 Å². The fraction of sp³-hybridized carbons (Fsp3) is 0.231. The average Bonchev–Trinajstić information content (AvgIpc) is 2.79. The average molecular weight is 439 g/mol. The number of hydrogen-bond donors (Lipinski definition) is 1. The number of anilines is 1. The summed E-state index contributed by atoms with van der Waals surface area (Å²) in [6, 6.07) is 8.94. The molecule has 0 radical (unpaired) electrons. The van der Waals surface area contributed by atoms with E-state index in [4.69, 9.17) is 0 Å². The van der Waals surface area contributed by atoms with Crippen molar-refractivity contribution < 1.29 is 8.42 Å². The van der Waals surface area contributed by atoms with Gasteiger partial charge in [0.05, 0.1) is 9.47 Å². The van der Waals surface area contributed by atoms with E-state index >= 15 is 0 Å². The normalized spacial score (nSPS) is 11.8. The summed E-state index contributed by atoms with van der Waals surface area (Å²) >= 11 is 7.86. The minimum atomic E-state index is -3.54. The number of benzene rings is 1. The zero-order chi connectivity index (χ0) is 14.9. The van der Waals surface area contributed by atoms with Gasteiger partial charge in [0, 0.05) is 4.47 Å². The molecular formula is C13H13Br2NO2S2. The van der Waals surface area contributed by atoms with E-state index in [1.807, 2.05) is 12.1 Å². The molecule has 0 aliphatic rings. The standard InChI is InChI=1S/C13H13Br2NO2S2/c1-8(2)9-3-4-11(10(14)7-9)16-20(17,18)13-6-5-12(15)19-13/h3-8,16H,1-2H3. The van der Waals surface area contributed by atoms with E-state index in [1.165, 1.54) is 11.3 Å². The quantitative estimate of drug-likeness (QED) is 0.713. The summed E-state index contributed by atoms with van der Waals surface area (Å²) in [6.45, 7) is 4.18. The molecule has 1 aromatic heterocycles. The van der Waals surface area contributed by atoms with Crippen molar-refractivity contribution in [3.05, 3.63) is 44.2 Å². The molecule has 1 aromatic carbocycles. The Kier molecular flexibility index (Phi) is 4.94. The maximum absolute atomic E-state index is 12.2. The lowest BCUT2D eigenvalue weighted by molar-refractivity contribution is 0.603. The minimum absolute atomic E-state index is 0.282. The highest BCUT2D eigenvalue weighted by Crippen LogP contribution is 2.31. The molecule has 0 unspecified atom stereocenters. The largest absolute Gasteiger partial charge is 0.278 e. The zero-order valence-corrected chi connectivity index (χ0v) is 15.7. The summed E-state index contributed by atoms with van der Waals surface area (Å²) in [5, 5.41) is 0. The van der Waals surface area contributed by atoms with E-state index in [0.29, 0.717) is 11.6 Å². The molecule has 2 aromatic rings. The fourth-order valence-electron chi connectivity index (χ4n) is 1.61. The van der Waals surface area contributed by atoms with Crippen LogP contribution >= 0.6 is 43.2 Å². The monoisotopic (exact) mass is 437 g/mol. The molecule has 0 aliphatic carbocycles. The Morgan fingerprint density at radius 3 is 2.35 bits per heavy atom. The molecule has 7 heteroatoms. The first-order valence-corrected chi connectivity index (χ1v) is 9.76. The Morgan fingerprint density at radius 1 is 1.15 bits per heavy atom. The molecule has 0 fully saturated rings. The van der Waals surface area contributed by atoms with Gasteiger partial charge in [-0.25, -0.2) is 8.42 Å². The van der Waals surface area contributed by atoms with Gasteiger partial charge in [-0.1, -0.05) is 19.9 Å². The van der Waals surface area contributed by atoms with Crippen LogP contribution in [0.3, 0.4) is 0 Å². The van der Waals surface area contributed by atoms with Gasteiger partial charge in [-0.3, -0.25) is 4.72 Å². The second-order valence-corrected chi connectivity index (χ2v) is 9.78. The van der Waals surface area contributed by atoms with Crippen LogP contribution in [0.15, 0.2) is 42.8 Å². The maximum atomic E-state index is 12.2. The molecule has 1 heterocycles. The van der Waals surface area contributed by atoms with Gasteiger partial charge in [0.1, 0.15) is 4.21 Å². The van der Waals surface area contributed by atoms with Crippen LogP contribution in [0.4, 0.5) is 5.69 Å². The summed E-state index contributed by atoms with van der Waals surface area (Å²) in [5.74, 6) is 0.394. The summed E-state index contributed by atoms with van der Waals surface area (Å²) in [7, 11) is -3.54. The van der Waals surface area contributed by atoms with Crippen LogP contribution in [-0.2, 0) is 10.0 Å². The first-order valence-electron chi connectivity index (χ1n) is 5.87. The van der Waals surface area contributed by atoms with E-state index in [1.54, 1.807) is 18.2 Å². The first kappa shape index (κ1) is 16.0. The second-order valence-electron chi connectivity index (χ2n) is 4.56. The third kappa shape index (κ3) is 3.63. The van der Waals surface area contributed by atoms with Crippen LogP contribution in [0.2, 0.25) is 0 Å². The van der Waals surface area contributed by atoms with Gasteiger partial charge in [0.25, 0.3) is 10.0 Å². The number of halogens is 2. The Balaban J connectivity index is 2.30. The summed E-state index contributed by atoms with van der Waals surface area (Å²) in [5.41, 5.74) is 1.69. The van der Waals surface area contributed by atoms with Gasteiger partial charge in [-0.05, 0) is 67.6 Å². The summed E-state index contributed by atoms with van der Waals surface area (Å²) < 4.78 is 28.9. The maximum Gasteiger partial charge on any atom is 0.271 e. The predicted octanol–water partition coefficient (Wildman–Crippen LogP) is 5.20. The molecule has 0 bridgehead atoms. The molecule has 20 heavy (non-hydrogen) atoms. The molecule has 3 nitrogen and oxygen atoms in total. The summed E-state index contributed by atoms with van der Waals surface area (Å²) in [4.78, 5) is 0. The van der Waals surface area contributed by atoms with Gasteiger partial charge >= 0.3 is 0 Å². The lowest BCUT2D eigenvalue weighted by atomic mass is 10.0. The van der Waals surface area contributed by atoms with Crippen molar-refractivity contribution in [1.82, 2.24) is 0 Å². The van der Waals surface area contributed by atoms with Crippen molar-refractivity contribution in [2.45, 2.75) is 24.0 Å². The van der Waals surface area contributed by atoms with Crippen LogP contribution in [-0.4, -0.2) is 8.42 Å². The fourth-order valence-corrected chi connectivity index (χ4v) is 5.33. The third-order valence-corrected chi connectivity index (χ3v) is 6.85. The van der Waals surface area contributed by atoms with Crippen molar-refractivity contribution in [3.8, 4) is 0 Å². The lowest BCUT2D eigenvalue weighted by Gasteiger charge is -2.11. The molecule has 0 atom stereocenters. The molecule has 2 rings (SSSR count). The van der Waals surface area contributed by atoms with Crippen LogP contribution in [0, 0.1) is 0 Å². The molecule has 108 valence electrons. The summed E-state index contributed by atoms with van der Waals surface area (Å²) in [6.07, 6.45) is 0. The van der Waals surface area contributed by atoms with E-state index in [-0.39, 0.29) is 4.21 Å². The Morgan fingerprint density at radius 2 is 1.85 bits per heavy atom. The Bertz CT molecular complexity index is 724. The van der Waals surface area contributed by atoms with Crippen molar-refractivity contribution >= 4 is 58.9 Å². The van der Waals surface area contributed by atoms with Gasteiger partial charge in [-0.2, -0.15) is 0 Å². The van der Waals surface area contributed by atoms with Gasteiger partial charge in [0.2, 0.25) is 0 Å².